The highest BCUT2D eigenvalue weighted by atomic mass is 16.7. The third kappa shape index (κ3) is 6.15. The molecule has 1 saturated heterocycles. The standard InChI is InChI=1S/C23H31NO3/c1-17-11-13-19(14-12-17)15-25-16-21-9-6-10-22(26-21)27-23(18(2)24)20-7-4-3-5-8-20/h3-5,7-8,11-14,18,21-23H,6,9-10,15-16,24H2,1-2H3/t18-,21?,22?,23-/m1/s1. The maximum absolute atomic E-state index is 6.24. The summed E-state index contributed by atoms with van der Waals surface area (Å²) in [6, 6.07) is 18.5. The number of nitrogens with two attached hydrogens (primary N) is 1. The molecular formula is C23H31NO3. The summed E-state index contributed by atoms with van der Waals surface area (Å²) < 4.78 is 18.3. The SMILES string of the molecule is Cc1ccc(COCC2CCCC(O[C@@H](c3ccccc3)[C@@H](C)N)O2)cc1. The maximum atomic E-state index is 6.24. The molecule has 4 heteroatoms. The van der Waals surface area contributed by atoms with Crippen LogP contribution < -0.4 is 5.73 Å². The molecule has 3 rings (SSSR count). The second kappa shape index (κ2) is 10.00. The van der Waals surface area contributed by atoms with Gasteiger partial charge in [-0.25, -0.2) is 0 Å². The number of ether oxygens (including phenoxy) is 3. The average molecular weight is 370 g/mol. The monoisotopic (exact) mass is 369 g/mol. The summed E-state index contributed by atoms with van der Waals surface area (Å²) in [4.78, 5) is 0. The van der Waals surface area contributed by atoms with Crippen molar-refractivity contribution in [2.24, 2.45) is 5.73 Å². The maximum Gasteiger partial charge on any atom is 0.158 e. The molecule has 0 radical (unpaired) electrons. The first-order valence-electron chi connectivity index (χ1n) is 9.86. The summed E-state index contributed by atoms with van der Waals surface area (Å²) in [7, 11) is 0. The molecule has 0 amide bonds. The van der Waals surface area contributed by atoms with E-state index < -0.39 is 0 Å². The van der Waals surface area contributed by atoms with Gasteiger partial charge in [-0.3, -0.25) is 0 Å². The van der Waals surface area contributed by atoms with Crippen LogP contribution in [0.1, 0.15) is 49.0 Å². The molecule has 1 aliphatic heterocycles. The van der Waals surface area contributed by atoms with Crippen molar-refractivity contribution >= 4 is 0 Å². The van der Waals surface area contributed by atoms with Crippen LogP contribution in [0.3, 0.4) is 0 Å². The number of hydrogen-bond donors (Lipinski definition) is 1. The van der Waals surface area contributed by atoms with E-state index in [1.165, 1.54) is 11.1 Å². The van der Waals surface area contributed by atoms with Gasteiger partial charge in [-0.05, 0) is 44.2 Å². The lowest BCUT2D eigenvalue weighted by Gasteiger charge is -2.33. The first kappa shape index (κ1) is 20.0. The molecule has 27 heavy (non-hydrogen) atoms. The van der Waals surface area contributed by atoms with Gasteiger partial charge in [0.05, 0.1) is 19.3 Å². The van der Waals surface area contributed by atoms with Gasteiger partial charge in [0.2, 0.25) is 0 Å². The van der Waals surface area contributed by atoms with Crippen LogP contribution in [-0.2, 0) is 20.8 Å². The van der Waals surface area contributed by atoms with Crippen LogP contribution in [0.25, 0.3) is 0 Å². The lowest BCUT2D eigenvalue weighted by Crippen LogP contribution is -2.37. The number of aryl methyl sites for hydroxylation is 1. The topological polar surface area (TPSA) is 53.7 Å². The summed E-state index contributed by atoms with van der Waals surface area (Å²) >= 11 is 0. The molecule has 1 heterocycles. The second-order valence-corrected chi connectivity index (χ2v) is 7.45. The van der Waals surface area contributed by atoms with Crippen LogP contribution in [-0.4, -0.2) is 25.0 Å². The van der Waals surface area contributed by atoms with Gasteiger partial charge in [-0.1, -0.05) is 60.2 Å². The van der Waals surface area contributed by atoms with Gasteiger partial charge < -0.3 is 19.9 Å². The molecular weight excluding hydrogens is 338 g/mol. The van der Waals surface area contributed by atoms with Gasteiger partial charge in [0.15, 0.2) is 6.29 Å². The first-order chi connectivity index (χ1) is 13.1. The van der Waals surface area contributed by atoms with Gasteiger partial charge in [0.25, 0.3) is 0 Å². The van der Waals surface area contributed by atoms with Gasteiger partial charge in [0.1, 0.15) is 6.10 Å². The van der Waals surface area contributed by atoms with Crippen LogP contribution in [0.5, 0.6) is 0 Å². The van der Waals surface area contributed by atoms with E-state index in [0.29, 0.717) is 13.2 Å². The highest BCUT2D eigenvalue weighted by Gasteiger charge is 2.27. The van der Waals surface area contributed by atoms with Gasteiger partial charge >= 0.3 is 0 Å². The van der Waals surface area contributed by atoms with Crippen molar-refractivity contribution in [3.63, 3.8) is 0 Å². The zero-order valence-corrected chi connectivity index (χ0v) is 16.3. The summed E-state index contributed by atoms with van der Waals surface area (Å²) in [5.74, 6) is 0. The molecule has 2 N–H and O–H groups in total. The van der Waals surface area contributed by atoms with Crippen LogP contribution in [0, 0.1) is 6.92 Å². The predicted octanol–water partition coefficient (Wildman–Crippen LogP) is 4.51. The fourth-order valence-electron chi connectivity index (χ4n) is 3.39. The quantitative estimate of drug-likeness (QED) is 0.744. The van der Waals surface area contributed by atoms with E-state index in [9.17, 15) is 0 Å². The van der Waals surface area contributed by atoms with Crippen LogP contribution in [0.4, 0.5) is 0 Å². The fourth-order valence-corrected chi connectivity index (χ4v) is 3.39. The van der Waals surface area contributed by atoms with Gasteiger partial charge in [-0.15, -0.1) is 0 Å². The minimum atomic E-state index is -0.233. The summed E-state index contributed by atoms with van der Waals surface area (Å²) in [6.45, 7) is 5.26. The van der Waals surface area contributed by atoms with Crippen molar-refractivity contribution in [1.82, 2.24) is 0 Å². The molecule has 0 aromatic heterocycles. The van der Waals surface area contributed by atoms with Crippen LogP contribution in [0.2, 0.25) is 0 Å². The Morgan fingerprint density at radius 2 is 1.81 bits per heavy atom. The zero-order chi connectivity index (χ0) is 19.1. The van der Waals surface area contributed by atoms with E-state index in [4.69, 9.17) is 19.9 Å². The van der Waals surface area contributed by atoms with E-state index in [1.807, 2.05) is 25.1 Å². The molecule has 4 nitrogen and oxygen atoms in total. The van der Waals surface area contributed by atoms with Crippen molar-refractivity contribution < 1.29 is 14.2 Å². The van der Waals surface area contributed by atoms with Gasteiger partial charge in [-0.2, -0.15) is 0 Å². The summed E-state index contributed by atoms with van der Waals surface area (Å²) in [5, 5.41) is 0. The molecule has 4 atom stereocenters. The van der Waals surface area contributed by atoms with Gasteiger partial charge in [0, 0.05) is 6.04 Å². The first-order valence-corrected chi connectivity index (χ1v) is 9.86. The smallest absolute Gasteiger partial charge is 0.158 e. The molecule has 0 spiro atoms. The molecule has 1 aliphatic rings. The Balaban J connectivity index is 1.48. The normalized spacial score (nSPS) is 22.3. The third-order valence-corrected chi connectivity index (χ3v) is 4.91. The lowest BCUT2D eigenvalue weighted by molar-refractivity contribution is -0.228. The number of benzene rings is 2. The molecule has 0 saturated carbocycles. The Morgan fingerprint density at radius 3 is 2.52 bits per heavy atom. The Bertz CT molecular complexity index is 672. The third-order valence-electron chi connectivity index (χ3n) is 4.91. The lowest BCUT2D eigenvalue weighted by atomic mass is 10.0. The van der Waals surface area contributed by atoms with Crippen molar-refractivity contribution in [3.8, 4) is 0 Å². The molecule has 0 aliphatic carbocycles. The molecule has 2 aromatic carbocycles. The summed E-state index contributed by atoms with van der Waals surface area (Å²) in [5.41, 5.74) is 9.71. The van der Waals surface area contributed by atoms with E-state index in [2.05, 4.69) is 43.3 Å². The van der Waals surface area contributed by atoms with E-state index in [-0.39, 0.29) is 24.5 Å². The van der Waals surface area contributed by atoms with E-state index in [1.54, 1.807) is 0 Å². The minimum Gasteiger partial charge on any atom is -0.374 e. The fraction of sp³-hybridized carbons (Fsp3) is 0.478. The molecule has 146 valence electrons. The van der Waals surface area contributed by atoms with Crippen molar-refractivity contribution in [2.75, 3.05) is 6.61 Å². The van der Waals surface area contributed by atoms with Crippen LogP contribution >= 0.6 is 0 Å². The Hall–Kier alpha value is -1.72. The predicted molar refractivity (Wildman–Crippen MR) is 107 cm³/mol. The Kier molecular flexibility index (Phi) is 7.41. The average Bonchev–Trinajstić information content (AvgIpc) is 2.68. The molecule has 2 aromatic rings. The van der Waals surface area contributed by atoms with E-state index in [0.717, 1.165) is 24.8 Å². The molecule has 1 fully saturated rings. The summed E-state index contributed by atoms with van der Waals surface area (Å²) in [6.07, 6.45) is 2.64. The van der Waals surface area contributed by atoms with Crippen molar-refractivity contribution in [1.29, 1.82) is 0 Å². The highest BCUT2D eigenvalue weighted by Crippen LogP contribution is 2.28. The number of hydrogen-bond acceptors (Lipinski definition) is 4. The van der Waals surface area contributed by atoms with Crippen LogP contribution in [0.15, 0.2) is 54.6 Å². The zero-order valence-electron chi connectivity index (χ0n) is 16.3. The largest absolute Gasteiger partial charge is 0.374 e. The van der Waals surface area contributed by atoms with E-state index >= 15 is 0 Å². The second-order valence-electron chi connectivity index (χ2n) is 7.45. The highest BCUT2D eigenvalue weighted by molar-refractivity contribution is 5.20. The van der Waals surface area contributed by atoms with Crippen molar-refractivity contribution in [3.05, 3.63) is 71.3 Å². The molecule has 2 unspecified atom stereocenters. The minimum absolute atomic E-state index is 0.0682. The van der Waals surface area contributed by atoms with Crippen molar-refractivity contribution in [2.45, 2.75) is 64.3 Å². The number of rotatable bonds is 8. The molecule has 0 bridgehead atoms. The Labute approximate surface area is 162 Å². The Morgan fingerprint density at radius 1 is 1.07 bits per heavy atom.